The van der Waals surface area contributed by atoms with Gasteiger partial charge >= 0.3 is 0 Å². The van der Waals surface area contributed by atoms with E-state index in [0.29, 0.717) is 30.1 Å². The van der Waals surface area contributed by atoms with E-state index in [1.165, 1.54) is 0 Å². The Morgan fingerprint density at radius 3 is 1.16 bits per heavy atom. The van der Waals surface area contributed by atoms with Gasteiger partial charge in [-0.25, -0.2) is 8.78 Å². The van der Waals surface area contributed by atoms with Crippen LogP contribution in [0.15, 0.2) is 84.9 Å². The highest BCUT2D eigenvalue weighted by Gasteiger charge is 2.16. The molecule has 0 heterocycles. The number of ether oxygens (including phenoxy) is 2. The zero-order valence-corrected chi connectivity index (χ0v) is 18.1. The van der Waals surface area contributed by atoms with Gasteiger partial charge < -0.3 is 9.47 Å². The SMILES string of the molecule is CCOc1ccc(-c2ccc(-c3ccc(-c4ccc(OCC)cc4)c(F)c3F)cc2)cc1. The van der Waals surface area contributed by atoms with E-state index in [4.69, 9.17) is 9.47 Å². The predicted molar refractivity (Wildman–Crippen MR) is 125 cm³/mol. The number of hydrogen-bond donors (Lipinski definition) is 0. The summed E-state index contributed by atoms with van der Waals surface area (Å²) in [7, 11) is 0. The van der Waals surface area contributed by atoms with Crippen molar-refractivity contribution in [2.24, 2.45) is 0 Å². The first kappa shape index (κ1) is 21.6. The fourth-order valence-corrected chi connectivity index (χ4v) is 3.65. The molecule has 0 aliphatic carbocycles. The van der Waals surface area contributed by atoms with Crippen molar-refractivity contribution in [2.75, 3.05) is 13.2 Å². The quantitative estimate of drug-likeness (QED) is 0.298. The third-order valence-electron chi connectivity index (χ3n) is 5.25. The fraction of sp³-hybridized carbons (Fsp3) is 0.143. The van der Waals surface area contributed by atoms with Crippen LogP contribution in [-0.4, -0.2) is 13.2 Å². The first-order chi connectivity index (χ1) is 15.6. The molecule has 0 amide bonds. The van der Waals surface area contributed by atoms with Crippen LogP contribution in [0.3, 0.4) is 0 Å². The predicted octanol–water partition coefficient (Wildman–Crippen LogP) is 7.76. The molecular weight excluding hydrogens is 406 g/mol. The monoisotopic (exact) mass is 430 g/mol. The maximum atomic E-state index is 15.0. The van der Waals surface area contributed by atoms with Gasteiger partial charge in [0.2, 0.25) is 0 Å². The lowest BCUT2D eigenvalue weighted by Crippen LogP contribution is -1.95. The van der Waals surface area contributed by atoms with E-state index in [0.717, 1.165) is 16.9 Å². The van der Waals surface area contributed by atoms with Gasteiger partial charge in [0.05, 0.1) is 13.2 Å². The summed E-state index contributed by atoms with van der Waals surface area (Å²) < 4.78 is 40.8. The van der Waals surface area contributed by atoms with Crippen LogP contribution in [0.25, 0.3) is 33.4 Å². The molecule has 32 heavy (non-hydrogen) atoms. The summed E-state index contributed by atoms with van der Waals surface area (Å²) in [6, 6.07) is 25.4. The van der Waals surface area contributed by atoms with E-state index in [-0.39, 0.29) is 11.1 Å². The van der Waals surface area contributed by atoms with Gasteiger partial charge in [-0.2, -0.15) is 0 Å². The number of hydrogen-bond acceptors (Lipinski definition) is 2. The summed E-state index contributed by atoms with van der Waals surface area (Å²) in [6.45, 7) is 5.01. The molecule has 4 aromatic carbocycles. The zero-order chi connectivity index (χ0) is 22.5. The normalized spacial score (nSPS) is 10.8. The van der Waals surface area contributed by atoms with Gasteiger partial charge in [-0.3, -0.25) is 0 Å². The van der Waals surface area contributed by atoms with E-state index in [9.17, 15) is 8.78 Å². The summed E-state index contributed by atoms with van der Waals surface area (Å²) in [4.78, 5) is 0. The molecule has 2 nitrogen and oxygen atoms in total. The summed E-state index contributed by atoms with van der Waals surface area (Å²) in [5.41, 5.74) is 3.69. The van der Waals surface area contributed by atoms with Gasteiger partial charge in [0.1, 0.15) is 11.5 Å². The Morgan fingerprint density at radius 1 is 0.469 bits per heavy atom. The van der Waals surface area contributed by atoms with Crippen molar-refractivity contribution in [1.82, 2.24) is 0 Å². The molecule has 4 rings (SSSR count). The van der Waals surface area contributed by atoms with Crippen molar-refractivity contribution in [1.29, 1.82) is 0 Å². The molecule has 0 saturated carbocycles. The van der Waals surface area contributed by atoms with E-state index >= 15 is 0 Å². The summed E-state index contributed by atoms with van der Waals surface area (Å²) in [5.74, 6) is -0.202. The Bertz CT molecular complexity index is 1180. The van der Waals surface area contributed by atoms with Crippen molar-refractivity contribution < 1.29 is 18.3 Å². The van der Waals surface area contributed by atoms with Gasteiger partial charge in [-0.1, -0.05) is 60.7 Å². The van der Waals surface area contributed by atoms with Crippen molar-refractivity contribution in [3.8, 4) is 44.9 Å². The van der Waals surface area contributed by atoms with Crippen LogP contribution in [0.2, 0.25) is 0 Å². The molecule has 0 spiro atoms. The minimum atomic E-state index is -0.859. The van der Waals surface area contributed by atoms with Crippen LogP contribution in [-0.2, 0) is 0 Å². The highest BCUT2D eigenvalue weighted by Crippen LogP contribution is 2.33. The molecular formula is C28H24F2O2. The summed E-state index contributed by atoms with van der Waals surface area (Å²) >= 11 is 0. The van der Waals surface area contributed by atoms with Gasteiger partial charge in [0.25, 0.3) is 0 Å². The number of benzene rings is 4. The Kier molecular flexibility index (Phi) is 6.50. The third kappa shape index (κ3) is 4.50. The standard InChI is InChI=1S/C28H24F2O2/c1-3-31-23-13-9-20(10-14-23)19-5-7-21(8-6-19)25-17-18-26(28(30)27(25)29)22-11-15-24(16-12-22)32-4-2/h5-18H,3-4H2,1-2H3. The maximum absolute atomic E-state index is 15.0. The number of halogens is 2. The minimum absolute atomic E-state index is 0.223. The zero-order valence-electron chi connectivity index (χ0n) is 18.1. The Morgan fingerprint density at radius 2 is 0.781 bits per heavy atom. The second-order valence-corrected chi connectivity index (χ2v) is 7.28. The van der Waals surface area contributed by atoms with Gasteiger partial charge in [-0.05, 0) is 60.4 Å². The molecule has 0 aliphatic heterocycles. The first-order valence-corrected chi connectivity index (χ1v) is 10.7. The van der Waals surface area contributed by atoms with Crippen LogP contribution >= 0.6 is 0 Å². The maximum Gasteiger partial charge on any atom is 0.167 e. The second-order valence-electron chi connectivity index (χ2n) is 7.28. The molecule has 0 radical (unpaired) electrons. The molecule has 4 heteroatoms. The molecule has 0 bridgehead atoms. The highest BCUT2D eigenvalue weighted by molar-refractivity contribution is 5.74. The smallest absolute Gasteiger partial charge is 0.167 e. The lowest BCUT2D eigenvalue weighted by Gasteiger charge is -2.11. The van der Waals surface area contributed by atoms with Crippen molar-refractivity contribution >= 4 is 0 Å². The van der Waals surface area contributed by atoms with Crippen LogP contribution in [0.5, 0.6) is 11.5 Å². The first-order valence-electron chi connectivity index (χ1n) is 10.7. The van der Waals surface area contributed by atoms with E-state index in [1.807, 2.05) is 50.2 Å². The van der Waals surface area contributed by atoms with Crippen LogP contribution < -0.4 is 9.47 Å². The molecule has 0 fully saturated rings. The van der Waals surface area contributed by atoms with Crippen LogP contribution in [0.1, 0.15) is 13.8 Å². The molecule has 0 aliphatic rings. The van der Waals surface area contributed by atoms with E-state index in [1.54, 1.807) is 48.5 Å². The average molecular weight is 430 g/mol. The van der Waals surface area contributed by atoms with Crippen LogP contribution in [0, 0.1) is 11.6 Å². The Labute approximate surface area is 187 Å². The average Bonchev–Trinajstić information content (AvgIpc) is 2.83. The largest absolute Gasteiger partial charge is 0.494 e. The summed E-state index contributed by atoms with van der Waals surface area (Å²) in [5, 5.41) is 0. The fourth-order valence-electron chi connectivity index (χ4n) is 3.65. The summed E-state index contributed by atoms with van der Waals surface area (Å²) in [6.07, 6.45) is 0. The molecule has 0 atom stereocenters. The molecule has 0 aromatic heterocycles. The van der Waals surface area contributed by atoms with Crippen molar-refractivity contribution in [2.45, 2.75) is 13.8 Å². The molecule has 4 aromatic rings. The second kappa shape index (κ2) is 9.65. The van der Waals surface area contributed by atoms with Crippen LogP contribution in [0.4, 0.5) is 8.78 Å². The van der Waals surface area contributed by atoms with E-state index in [2.05, 4.69) is 0 Å². The molecule has 0 unspecified atom stereocenters. The lowest BCUT2D eigenvalue weighted by atomic mass is 9.97. The van der Waals surface area contributed by atoms with Gasteiger partial charge in [-0.15, -0.1) is 0 Å². The van der Waals surface area contributed by atoms with Gasteiger partial charge in [0, 0.05) is 11.1 Å². The highest BCUT2D eigenvalue weighted by atomic mass is 19.2. The van der Waals surface area contributed by atoms with Crippen molar-refractivity contribution in [3.05, 3.63) is 96.6 Å². The lowest BCUT2D eigenvalue weighted by molar-refractivity contribution is 0.340. The molecule has 0 saturated heterocycles. The molecule has 162 valence electrons. The van der Waals surface area contributed by atoms with E-state index < -0.39 is 11.6 Å². The van der Waals surface area contributed by atoms with Crippen molar-refractivity contribution in [3.63, 3.8) is 0 Å². The van der Waals surface area contributed by atoms with Gasteiger partial charge in [0.15, 0.2) is 11.6 Å². The Hall–Kier alpha value is -3.66. The number of rotatable bonds is 7. The topological polar surface area (TPSA) is 18.5 Å². The third-order valence-corrected chi connectivity index (χ3v) is 5.25. The Balaban J connectivity index is 1.59. The molecule has 0 N–H and O–H groups in total. The minimum Gasteiger partial charge on any atom is -0.494 e.